The zero-order chi connectivity index (χ0) is 19.2. The second kappa shape index (κ2) is 8.70. The van der Waals surface area contributed by atoms with Gasteiger partial charge in [-0.05, 0) is 53.4 Å². The first kappa shape index (κ1) is 18.2. The van der Waals surface area contributed by atoms with Gasteiger partial charge in [-0.2, -0.15) is 0 Å². The summed E-state index contributed by atoms with van der Waals surface area (Å²) in [6.45, 7) is 2.74. The van der Waals surface area contributed by atoms with E-state index in [1.165, 1.54) is 5.56 Å². The maximum Gasteiger partial charge on any atom is 0.158 e. The second-order valence-electron chi connectivity index (χ2n) is 6.88. The molecule has 0 bridgehead atoms. The minimum atomic E-state index is -0.00118. The average molecular weight is 372 g/mol. The highest BCUT2D eigenvalue weighted by molar-refractivity contribution is 6.01. The molecular weight excluding hydrogens is 348 g/mol. The summed E-state index contributed by atoms with van der Waals surface area (Å²) in [5.74, 6) is 0.855. The Kier molecular flexibility index (Phi) is 5.66. The summed E-state index contributed by atoms with van der Waals surface area (Å²) in [6, 6.07) is 22.5. The van der Waals surface area contributed by atoms with Gasteiger partial charge in [-0.3, -0.25) is 4.98 Å². The lowest BCUT2D eigenvalue weighted by Crippen LogP contribution is -2.04. The Morgan fingerprint density at radius 1 is 1.00 bits per heavy atom. The monoisotopic (exact) mass is 372 g/mol. The molecule has 1 aliphatic heterocycles. The highest BCUT2D eigenvalue weighted by Gasteiger charge is 2.23. The number of ether oxygens (including phenoxy) is 1. The third-order valence-corrected chi connectivity index (χ3v) is 4.95. The minimum absolute atomic E-state index is 0.00118. The van der Waals surface area contributed by atoms with Crippen LogP contribution in [-0.4, -0.2) is 17.3 Å². The zero-order valence-electron chi connectivity index (χ0n) is 16.0. The third kappa shape index (κ3) is 4.39. The molecule has 2 aromatic carbocycles. The van der Waals surface area contributed by atoms with Crippen LogP contribution < -0.4 is 4.74 Å². The van der Waals surface area contributed by atoms with Gasteiger partial charge >= 0.3 is 0 Å². The summed E-state index contributed by atoms with van der Waals surface area (Å²) in [5, 5.41) is 4.28. The summed E-state index contributed by atoms with van der Waals surface area (Å²) in [5.41, 5.74) is 5.51. The van der Waals surface area contributed by atoms with Crippen LogP contribution in [0.1, 0.15) is 41.8 Å². The molecule has 4 heteroatoms. The van der Waals surface area contributed by atoms with Crippen LogP contribution in [0.3, 0.4) is 0 Å². The van der Waals surface area contributed by atoms with Crippen molar-refractivity contribution in [3.8, 4) is 5.75 Å². The molecule has 1 unspecified atom stereocenters. The number of nitrogens with zero attached hydrogens (tertiary/aromatic N) is 2. The molecule has 1 aromatic heterocycles. The highest BCUT2D eigenvalue weighted by Crippen LogP contribution is 2.29. The maximum atomic E-state index is 5.86. The first-order valence-corrected chi connectivity index (χ1v) is 9.76. The molecule has 0 saturated carbocycles. The van der Waals surface area contributed by atoms with Gasteiger partial charge in [0.05, 0.1) is 12.3 Å². The van der Waals surface area contributed by atoms with Gasteiger partial charge < -0.3 is 9.57 Å². The Balaban J connectivity index is 1.29. The fraction of sp³-hybridized carbons (Fsp3) is 0.250. The SMILES string of the molecule is CCc1ccc(CCOc2ccc(C3=NOC(c4ccccc4)C3)cc2)nc1. The average Bonchev–Trinajstić information content (AvgIpc) is 3.26. The smallest absolute Gasteiger partial charge is 0.158 e. The van der Waals surface area contributed by atoms with Crippen LogP contribution >= 0.6 is 0 Å². The van der Waals surface area contributed by atoms with E-state index in [2.05, 4.69) is 41.3 Å². The van der Waals surface area contributed by atoms with Crippen molar-refractivity contribution in [2.24, 2.45) is 5.16 Å². The van der Waals surface area contributed by atoms with Gasteiger partial charge in [-0.1, -0.05) is 48.5 Å². The van der Waals surface area contributed by atoms with Crippen LogP contribution in [0.5, 0.6) is 5.75 Å². The zero-order valence-corrected chi connectivity index (χ0v) is 16.0. The minimum Gasteiger partial charge on any atom is -0.493 e. The molecular formula is C24H24N2O2. The topological polar surface area (TPSA) is 43.7 Å². The largest absolute Gasteiger partial charge is 0.493 e. The van der Waals surface area contributed by atoms with E-state index in [4.69, 9.17) is 9.57 Å². The van der Waals surface area contributed by atoms with E-state index >= 15 is 0 Å². The number of oxime groups is 1. The van der Waals surface area contributed by atoms with Crippen LogP contribution in [0.2, 0.25) is 0 Å². The number of hydrogen-bond donors (Lipinski definition) is 0. The van der Waals surface area contributed by atoms with E-state index in [-0.39, 0.29) is 6.10 Å². The molecule has 2 heterocycles. The summed E-state index contributed by atoms with van der Waals surface area (Å²) >= 11 is 0. The maximum absolute atomic E-state index is 5.86. The fourth-order valence-corrected chi connectivity index (χ4v) is 3.22. The van der Waals surface area contributed by atoms with Crippen molar-refractivity contribution in [3.63, 3.8) is 0 Å². The van der Waals surface area contributed by atoms with Crippen LogP contribution in [0.25, 0.3) is 0 Å². The summed E-state index contributed by atoms with van der Waals surface area (Å²) in [6.07, 6.45) is 4.53. The van der Waals surface area contributed by atoms with Crippen molar-refractivity contribution in [1.82, 2.24) is 4.98 Å². The van der Waals surface area contributed by atoms with E-state index in [1.54, 1.807) is 0 Å². The third-order valence-electron chi connectivity index (χ3n) is 4.95. The molecule has 0 saturated heterocycles. The lowest BCUT2D eigenvalue weighted by molar-refractivity contribution is 0.0857. The number of rotatable bonds is 7. The number of hydrogen-bond acceptors (Lipinski definition) is 4. The molecule has 1 atom stereocenters. The molecule has 4 rings (SSSR count). The van der Waals surface area contributed by atoms with Gasteiger partial charge in [0.1, 0.15) is 5.75 Å². The summed E-state index contributed by atoms with van der Waals surface area (Å²) in [4.78, 5) is 10.1. The number of aromatic nitrogens is 1. The second-order valence-corrected chi connectivity index (χ2v) is 6.88. The van der Waals surface area contributed by atoms with Crippen molar-refractivity contribution in [1.29, 1.82) is 0 Å². The quantitative estimate of drug-likeness (QED) is 0.577. The van der Waals surface area contributed by atoms with Gasteiger partial charge in [0.2, 0.25) is 0 Å². The lowest BCUT2D eigenvalue weighted by Gasteiger charge is -2.08. The van der Waals surface area contributed by atoms with E-state index in [1.807, 2.05) is 48.7 Å². The molecule has 0 aliphatic carbocycles. The van der Waals surface area contributed by atoms with Crippen molar-refractivity contribution < 1.29 is 9.57 Å². The summed E-state index contributed by atoms with van der Waals surface area (Å²) in [7, 11) is 0. The predicted molar refractivity (Wildman–Crippen MR) is 111 cm³/mol. The van der Waals surface area contributed by atoms with Crippen LogP contribution in [0.15, 0.2) is 78.1 Å². The van der Waals surface area contributed by atoms with E-state index < -0.39 is 0 Å². The Bertz CT molecular complexity index is 919. The normalized spacial score (nSPS) is 15.8. The van der Waals surface area contributed by atoms with E-state index in [0.29, 0.717) is 6.61 Å². The number of benzene rings is 2. The highest BCUT2D eigenvalue weighted by atomic mass is 16.6. The van der Waals surface area contributed by atoms with Crippen molar-refractivity contribution in [2.75, 3.05) is 6.61 Å². The van der Waals surface area contributed by atoms with Gasteiger partial charge in [-0.15, -0.1) is 0 Å². The van der Waals surface area contributed by atoms with Crippen LogP contribution in [-0.2, 0) is 17.7 Å². The molecule has 0 spiro atoms. The van der Waals surface area contributed by atoms with Gasteiger partial charge in [0.25, 0.3) is 0 Å². The fourth-order valence-electron chi connectivity index (χ4n) is 3.22. The van der Waals surface area contributed by atoms with Gasteiger partial charge in [0.15, 0.2) is 6.10 Å². The predicted octanol–water partition coefficient (Wildman–Crippen LogP) is 5.13. The Morgan fingerprint density at radius 3 is 2.54 bits per heavy atom. The Morgan fingerprint density at radius 2 is 1.82 bits per heavy atom. The van der Waals surface area contributed by atoms with Crippen molar-refractivity contribution in [3.05, 3.63) is 95.3 Å². The molecule has 0 fully saturated rings. The molecule has 3 aromatic rings. The summed E-state index contributed by atoms with van der Waals surface area (Å²) < 4.78 is 5.86. The molecule has 28 heavy (non-hydrogen) atoms. The molecule has 1 aliphatic rings. The Hall–Kier alpha value is -3.14. The van der Waals surface area contributed by atoms with Crippen molar-refractivity contribution >= 4 is 5.71 Å². The van der Waals surface area contributed by atoms with Crippen LogP contribution in [0.4, 0.5) is 0 Å². The Labute approximate surface area is 165 Å². The lowest BCUT2D eigenvalue weighted by atomic mass is 10.0. The molecule has 0 N–H and O–H groups in total. The molecule has 0 radical (unpaired) electrons. The van der Waals surface area contributed by atoms with Crippen LogP contribution in [0, 0.1) is 0 Å². The number of pyridine rings is 1. The molecule has 0 amide bonds. The first-order chi connectivity index (χ1) is 13.8. The number of aryl methyl sites for hydroxylation is 1. The van der Waals surface area contributed by atoms with Gasteiger partial charge in [-0.25, -0.2) is 0 Å². The van der Waals surface area contributed by atoms with Gasteiger partial charge in [0, 0.05) is 24.7 Å². The first-order valence-electron chi connectivity index (χ1n) is 9.76. The standard InChI is InChI=1S/C24H24N2O2/c1-2-18-8-11-21(25-17-18)14-15-27-22-12-9-19(10-13-22)23-16-24(28-26-23)20-6-4-3-5-7-20/h3-13,17,24H,2,14-16H2,1H3. The van der Waals surface area contributed by atoms with E-state index in [0.717, 1.165) is 47.5 Å². The van der Waals surface area contributed by atoms with E-state index in [9.17, 15) is 0 Å². The molecule has 142 valence electrons. The van der Waals surface area contributed by atoms with Crippen molar-refractivity contribution in [2.45, 2.75) is 32.3 Å². The molecule has 4 nitrogen and oxygen atoms in total.